The maximum atomic E-state index is 11.3. The molecule has 1 fully saturated rings. The molecule has 0 aliphatic carbocycles. The van der Waals surface area contributed by atoms with Gasteiger partial charge in [0.25, 0.3) is 0 Å². The van der Waals surface area contributed by atoms with Crippen LogP contribution in [-0.2, 0) is 4.79 Å². The second-order valence-corrected chi connectivity index (χ2v) is 7.65. The SMILES string of the molecule is COc1cc2nc(N3CCCC3CO)nc(Nc3ccc(NC(C)=O)cc3)c2cc1OC. The molecule has 3 aromatic rings. The molecular weight excluding hydrogens is 410 g/mol. The molecule has 1 unspecified atom stereocenters. The number of aliphatic hydroxyl groups is 1. The molecule has 1 atom stereocenters. The number of carbonyl (C=O) groups is 1. The van der Waals surface area contributed by atoms with E-state index in [1.54, 1.807) is 14.2 Å². The minimum absolute atomic E-state index is 0.00242. The van der Waals surface area contributed by atoms with Crippen LogP contribution in [0, 0.1) is 0 Å². The molecule has 32 heavy (non-hydrogen) atoms. The number of hydrogen-bond donors (Lipinski definition) is 3. The van der Waals surface area contributed by atoms with Crippen LogP contribution >= 0.6 is 0 Å². The Labute approximate surface area is 186 Å². The van der Waals surface area contributed by atoms with Crippen LogP contribution in [0.3, 0.4) is 0 Å². The first kappa shape index (κ1) is 21.6. The summed E-state index contributed by atoms with van der Waals surface area (Å²) in [5.74, 6) is 2.20. The summed E-state index contributed by atoms with van der Waals surface area (Å²) in [4.78, 5) is 22.9. The Morgan fingerprint density at radius 2 is 1.81 bits per heavy atom. The molecule has 1 aliphatic rings. The van der Waals surface area contributed by atoms with E-state index in [1.807, 2.05) is 41.3 Å². The van der Waals surface area contributed by atoms with Crippen LogP contribution in [0.15, 0.2) is 36.4 Å². The molecule has 3 N–H and O–H groups in total. The molecule has 1 aromatic heterocycles. The van der Waals surface area contributed by atoms with E-state index >= 15 is 0 Å². The molecular formula is C23H27N5O4. The maximum absolute atomic E-state index is 11.3. The smallest absolute Gasteiger partial charge is 0.228 e. The zero-order valence-corrected chi connectivity index (χ0v) is 18.4. The van der Waals surface area contributed by atoms with Gasteiger partial charge in [-0.05, 0) is 43.2 Å². The molecule has 9 nitrogen and oxygen atoms in total. The lowest BCUT2D eigenvalue weighted by Crippen LogP contribution is -2.33. The van der Waals surface area contributed by atoms with Crippen LogP contribution in [0.5, 0.6) is 11.5 Å². The van der Waals surface area contributed by atoms with Gasteiger partial charge in [-0.25, -0.2) is 4.98 Å². The average molecular weight is 438 g/mol. The van der Waals surface area contributed by atoms with Crippen molar-refractivity contribution in [3.63, 3.8) is 0 Å². The molecule has 0 spiro atoms. The summed E-state index contributed by atoms with van der Waals surface area (Å²) in [5, 5.41) is 16.7. The Morgan fingerprint density at radius 3 is 2.47 bits per heavy atom. The third-order valence-electron chi connectivity index (χ3n) is 5.50. The lowest BCUT2D eigenvalue weighted by atomic mass is 10.2. The normalized spacial score (nSPS) is 15.6. The van der Waals surface area contributed by atoms with E-state index in [-0.39, 0.29) is 18.6 Å². The summed E-state index contributed by atoms with van der Waals surface area (Å²) in [6.07, 6.45) is 1.88. The van der Waals surface area contributed by atoms with Gasteiger partial charge in [0.15, 0.2) is 11.5 Å². The Morgan fingerprint density at radius 1 is 1.12 bits per heavy atom. The number of hydrogen-bond acceptors (Lipinski definition) is 8. The van der Waals surface area contributed by atoms with Crippen molar-refractivity contribution in [3.05, 3.63) is 36.4 Å². The Balaban J connectivity index is 1.78. The molecule has 2 aromatic carbocycles. The van der Waals surface area contributed by atoms with Gasteiger partial charge in [0.05, 0.1) is 32.4 Å². The van der Waals surface area contributed by atoms with Gasteiger partial charge < -0.3 is 30.1 Å². The molecule has 4 rings (SSSR count). The van der Waals surface area contributed by atoms with E-state index in [1.165, 1.54) is 6.92 Å². The number of anilines is 4. The number of aromatic nitrogens is 2. The van der Waals surface area contributed by atoms with Crippen molar-refractivity contribution in [3.8, 4) is 11.5 Å². The van der Waals surface area contributed by atoms with Crippen LogP contribution in [0.25, 0.3) is 10.9 Å². The highest BCUT2D eigenvalue weighted by Crippen LogP contribution is 2.36. The Bertz CT molecular complexity index is 1120. The third kappa shape index (κ3) is 4.38. The zero-order valence-electron chi connectivity index (χ0n) is 18.4. The van der Waals surface area contributed by atoms with Crippen molar-refractivity contribution in [2.45, 2.75) is 25.8 Å². The molecule has 168 valence electrons. The lowest BCUT2D eigenvalue weighted by molar-refractivity contribution is -0.114. The van der Waals surface area contributed by atoms with Gasteiger partial charge >= 0.3 is 0 Å². The predicted octanol–water partition coefficient (Wildman–Crippen LogP) is 3.31. The number of nitrogens with zero attached hydrogens (tertiary/aromatic N) is 3. The van der Waals surface area contributed by atoms with E-state index in [2.05, 4.69) is 10.6 Å². The van der Waals surface area contributed by atoms with Gasteiger partial charge in [0.2, 0.25) is 11.9 Å². The summed E-state index contributed by atoms with van der Waals surface area (Å²) < 4.78 is 10.9. The zero-order chi connectivity index (χ0) is 22.7. The first-order chi connectivity index (χ1) is 15.5. The first-order valence-electron chi connectivity index (χ1n) is 10.5. The number of carbonyl (C=O) groups excluding carboxylic acids is 1. The highest BCUT2D eigenvalue weighted by molar-refractivity contribution is 5.94. The van der Waals surface area contributed by atoms with E-state index in [0.717, 1.165) is 30.5 Å². The summed E-state index contributed by atoms with van der Waals surface area (Å²) in [6, 6.07) is 11.0. The topological polar surface area (TPSA) is 109 Å². The van der Waals surface area contributed by atoms with E-state index in [0.29, 0.717) is 34.5 Å². The Kier molecular flexibility index (Phi) is 6.27. The molecule has 0 bridgehead atoms. The van der Waals surface area contributed by atoms with Crippen molar-refractivity contribution >= 4 is 40.0 Å². The van der Waals surface area contributed by atoms with E-state index in [4.69, 9.17) is 19.4 Å². The minimum atomic E-state index is -0.123. The molecule has 0 radical (unpaired) electrons. The number of ether oxygens (including phenoxy) is 2. The standard InChI is InChI=1S/C23H27N5O4/c1-14(30)24-15-6-8-16(9-7-15)25-22-18-11-20(31-2)21(32-3)12-19(18)26-23(27-22)28-10-4-5-17(28)13-29/h6-9,11-12,17,29H,4-5,10,13H2,1-3H3,(H,24,30)(H,25,26,27). The van der Waals surface area contributed by atoms with Crippen LogP contribution in [0.1, 0.15) is 19.8 Å². The van der Waals surface area contributed by atoms with Crippen molar-refractivity contribution in [2.24, 2.45) is 0 Å². The number of fused-ring (bicyclic) bond motifs is 1. The van der Waals surface area contributed by atoms with Gasteiger partial charge in [-0.1, -0.05) is 0 Å². The van der Waals surface area contributed by atoms with Gasteiger partial charge in [-0.15, -0.1) is 0 Å². The molecule has 9 heteroatoms. The summed E-state index contributed by atoms with van der Waals surface area (Å²) in [5.41, 5.74) is 2.22. The fourth-order valence-corrected chi connectivity index (χ4v) is 3.93. The number of benzene rings is 2. The average Bonchev–Trinajstić information content (AvgIpc) is 3.28. The Hall–Kier alpha value is -3.59. The quantitative estimate of drug-likeness (QED) is 0.517. The molecule has 1 amide bonds. The maximum Gasteiger partial charge on any atom is 0.228 e. The summed E-state index contributed by atoms with van der Waals surface area (Å²) in [7, 11) is 3.17. The van der Waals surface area contributed by atoms with Crippen LogP contribution in [0.4, 0.5) is 23.1 Å². The van der Waals surface area contributed by atoms with Gasteiger partial charge in [0, 0.05) is 36.3 Å². The largest absolute Gasteiger partial charge is 0.493 e. The van der Waals surface area contributed by atoms with Crippen molar-refractivity contribution < 1.29 is 19.4 Å². The van der Waals surface area contributed by atoms with E-state index < -0.39 is 0 Å². The van der Waals surface area contributed by atoms with Crippen molar-refractivity contribution in [1.29, 1.82) is 0 Å². The van der Waals surface area contributed by atoms with E-state index in [9.17, 15) is 9.90 Å². The predicted molar refractivity (Wildman–Crippen MR) is 124 cm³/mol. The van der Waals surface area contributed by atoms with Gasteiger partial charge in [0.1, 0.15) is 5.82 Å². The van der Waals surface area contributed by atoms with Crippen molar-refractivity contribution in [1.82, 2.24) is 9.97 Å². The highest BCUT2D eigenvalue weighted by atomic mass is 16.5. The molecule has 2 heterocycles. The van der Waals surface area contributed by atoms with Crippen LogP contribution in [0.2, 0.25) is 0 Å². The minimum Gasteiger partial charge on any atom is -0.493 e. The number of amides is 1. The van der Waals surface area contributed by atoms with Gasteiger partial charge in [-0.3, -0.25) is 4.79 Å². The molecule has 0 saturated carbocycles. The second kappa shape index (κ2) is 9.27. The number of methoxy groups -OCH3 is 2. The van der Waals surface area contributed by atoms with Crippen LogP contribution < -0.4 is 25.0 Å². The first-order valence-corrected chi connectivity index (χ1v) is 10.5. The monoisotopic (exact) mass is 437 g/mol. The fourth-order valence-electron chi connectivity index (χ4n) is 3.93. The van der Waals surface area contributed by atoms with Gasteiger partial charge in [-0.2, -0.15) is 4.98 Å². The fraction of sp³-hybridized carbons (Fsp3) is 0.348. The number of nitrogens with one attached hydrogen (secondary N) is 2. The summed E-state index contributed by atoms with van der Waals surface area (Å²) in [6.45, 7) is 2.32. The van der Waals surface area contributed by atoms with Crippen molar-refractivity contribution in [2.75, 3.05) is 42.9 Å². The third-order valence-corrected chi connectivity index (χ3v) is 5.50. The highest BCUT2D eigenvalue weighted by Gasteiger charge is 2.27. The number of rotatable bonds is 7. The second-order valence-electron chi connectivity index (χ2n) is 7.65. The summed E-state index contributed by atoms with van der Waals surface area (Å²) >= 11 is 0. The molecule has 1 aliphatic heterocycles. The lowest BCUT2D eigenvalue weighted by Gasteiger charge is -2.24. The number of aliphatic hydroxyl groups excluding tert-OH is 1. The molecule has 1 saturated heterocycles. The van der Waals surface area contributed by atoms with Crippen LogP contribution in [-0.4, -0.2) is 54.4 Å².